The fourth-order valence-electron chi connectivity index (χ4n) is 12.1. The van der Waals surface area contributed by atoms with Gasteiger partial charge < -0.3 is 30.0 Å². The van der Waals surface area contributed by atoms with Crippen LogP contribution in [0.2, 0.25) is 0 Å². The lowest BCUT2D eigenvalue weighted by Crippen LogP contribution is -2.64. The number of carbonyl (C=O) groups excluding carboxylic acids is 1. The Morgan fingerprint density at radius 3 is 2.59 bits per heavy atom. The predicted octanol–water partition coefficient (Wildman–Crippen LogP) is 6.18. The van der Waals surface area contributed by atoms with Crippen LogP contribution < -0.4 is 5.73 Å². The topological polar surface area (TPSA) is 107 Å². The molecule has 0 bridgehead atoms. The van der Waals surface area contributed by atoms with E-state index in [-0.39, 0.29) is 36.1 Å². The molecule has 0 amide bonds. The Bertz CT molecular complexity index is 1540. The van der Waals surface area contributed by atoms with Gasteiger partial charge in [-0.2, -0.15) is 0 Å². The van der Waals surface area contributed by atoms with Gasteiger partial charge in [0.1, 0.15) is 6.79 Å². The van der Waals surface area contributed by atoms with E-state index in [2.05, 4.69) is 37.9 Å². The number of ketones is 1. The SMILES string of the molecule is CC(C)(OCO)[C@@H]1CCC2C(CC[C@@]3(C)C2CCC2Cc4c([nH]c5ccc6c(c45)C[C@@]4(N)[C@@H](C6=O)C(C)(C)OC4(C)C)C23)O1. The van der Waals surface area contributed by atoms with Crippen LogP contribution in [0.15, 0.2) is 12.1 Å². The first kappa shape index (κ1) is 29.6. The molecule has 0 radical (unpaired) electrons. The number of hydrogen-bond acceptors (Lipinski definition) is 6. The Hall–Kier alpha value is -1.77. The third-order valence-corrected chi connectivity index (χ3v) is 14.0. The number of aromatic amines is 1. The summed E-state index contributed by atoms with van der Waals surface area (Å²) in [6.45, 7) is 14.6. The molecule has 6 aliphatic rings. The summed E-state index contributed by atoms with van der Waals surface area (Å²) in [6.07, 6.45) is 8.90. The lowest BCUT2D eigenvalue weighted by molar-refractivity contribution is -0.227. The van der Waals surface area contributed by atoms with E-state index in [1.54, 1.807) is 0 Å². The molecular weight excluding hydrogens is 552 g/mol. The predicted molar refractivity (Wildman–Crippen MR) is 170 cm³/mol. The number of hydrogen-bond donors (Lipinski definition) is 3. The number of aliphatic hydroxyl groups excluding tert-OH is 1. The zero-order valence-electron chi connectivity index (χ0n) is 27.7. The van der Waals surface area contributed by atoms with Crippen LogP contribution in [0.25, 0.3) is 10.9 Å². The second kappa shape index (κ2) is 9.19. The van der Waals surface area contributed by atoms with Gasteiger partial charge in [-0.3, -0.25) is 4.79 Å². The maximum absolute atomic E-state index is 14.2. The highest BCUT2D eigenvalue weighted by Crippen LogP contribution is 2.66. The number of aromatic nitrogens is 1. The van der Waals surface area contributed by atoms with Gasteiger partial charge in [-0.25, -0.2) is 0 Å². The van der Waals surface area contributed by atoms with Crippen molar-refractivity contribution in [1.82, 2.24) is 4.98 Å². The van der Waals surface area contributed by atoms with Crippen molar-refractivity contribution in [3.05, 3.63) is 34.5 Å². The molecule has 5 unspecified atom stereocenters. The first-order chi connectivity index (χ1) is 20.6. The molecule has 4 N–H and O–H groups in total. The Balaban J connectivity index is 1.16. The standard InChI is InChI=1S/C37H52N2O5/c1-33(2,42-18-40)27-13-10-21-24-11-8-19-16-22-28-23-17-37(38)32(34(3,4)44-35(37,5)6)31(41)20(23)9-12-25(28)39-30(22)29(19)36(24,7)15-14-26(21)43-27/h9,12,19,21,24,26-27,29,32,39-40H,8,10-11,13-18,38H2,1-7H3/t19?,21?,24?,26?,27-,29?,32-,36-,37+/m0/s1. The number of rotatable bonds is 3. The number of fused-ring (bicyclic) bond motifs is 12. The van der Waals surface area contributed by atoms with E-state index in [1.807, 2.05) is 27.7 Å². The Kier molecular flexibility index (Phi) is 6.18. The molecule has 44 heavy (non-hydrogen) atoms. The zero-order valence-corrected chi connectivity index (χ0v) is 27.7. The van der Waals surface area contributed by atoms with Crippen molar-refractivity contribution >= 4 is 16.7 Å². The van der Waals surface area contributed by atoms with Gasteiger partial charge in [-0.1, -0.05) is 6.92 Å². The molecule has 0 spiro atoms. The number of nitrogens with one attached hydrogen (secondary N) is 1. The van der Waals surface area contributed by atoms with Gasteiger partial charge in [0.25, 0.3) is 0 Å². The van der Waals surface area contributed by atoms with Crippen LogP contribution >= 0.6 is 0 Å². The van der Waals surface area contributed by atoms with Crippen LogP contribution in [0.4, 0.5) is 0 Å². The minimum Gasteiger partial charge on any atom is -0.372 e. The number of ether oxygens (including phenoxy) is 3. The summed E-state index contributed by atoms with van der Waals surface area (Å²) < 4.78 is 19.0. The number of Topliss-reactive ketones (excluding diaryl/α,β-unsaturated/α-hetero) is 1. The minimum atomic E-state index is -0.754. The average molecular weight is 605 g/mol. The maximum Gasteiger partial charge on any atom is 0.171 e. The van der Waals surface area contributed by atoms with E-state index in [9.17, 15) is 9.90 Å². The van der Waals surface area contributed by atoms with Crippen LogP contribution in [0.3, 0.4) is 0 Å². The fourth-order valence-corrected chi connectivity index (χ4v) is 12.1. The fraction of sp³-hybridized carbons (Fsp3) is 0.757. The quantitative estimate of drug-likeness (QED) is 0.361. The molecule has 3 heterocycles. The van der Waals surface area contributed by atoms with Gasteiger partial charge in [0.2, 0.25) is 0 Å². The molecule has 7 nitrogen and oxygen atoms in total. The van der Waals surface area contributed by atoms with Gasteiger partial charge in [0.05, 0.1) is 40.5 Å². The third-order valence-electron chi connectivity index (χ3n) is 14.0. The van der Waals surface area contributed by atoms with E-state index < -0.39 is 22.3 Å². The van der Waals surface area contributed by atoms with Crippen molar-refractivity contribution < 1.29 is 24.1 Å². The number of aliphatic hydroxyl groups is 1. The van der Waals surface area contributed by atoms with E-state index in [0.29, 0.717) is 30.1 Å². The first-order valence-corrected chi connectivity index (χ1v) is 17.2. The van der Waals surface area contributed by atoms with Crippen LogP contribution in [0, 0.1) is 29.1 Å². The molecule has 4 fully saturated rings. The molecule has 2 aliphatic heterocycles. The highest BCUT2D eigenvalue weighted by molar-refractivity contribution is 6.07. The molecule has 2 saturated carbocycles. The van der Waals surface area contributed by atoms with Crippen LogP contribution in [-0.2, 0) is 27.1 Å². The Morgan fingerprint density at radius 1 is 1.07 bits per heavy atom. The lowest BCUT2D eigenvalue weighted by Gasteiger charge is -2.59. The first-order valence-electron chi connectivity index (χ1n) is 17.2. The summed E-state index contributed by atoms with van der Waals surface area (Å²) in [5, 5.41) is 10.7. The van der Waals surface area contributed by atoms with Crippen molar-refractivity contribution in [2.24, 2.45) is 34.8 Å². The van der Waals surface area contributed by atoms with Crippen molar-refractivity contribution in [3.63, 3.8) is 0 Å². The van der Waals surface area contributed by atoms with Gasteiger partial charge >= 0.3 is 0 Å². The minimum absolute atomic E-state index is 0.0172. The van der Waals surface area contributed by atoms with Gasteiger partial charge in [-0.15, -0.1) is 0 Å². The molecule has 1 aromatic carbocycles. The lowest BCUT2D eigenvalue weighted by atomic mass is 9.49. The van der Waals surface area contributed by atoms with E-state index >= 15 is 0 Å². The van der Waals surface area contributed by atoms with Crippen LogP contribution in [-0.4, -0.2) is 57.2 Å². The molecule has 2 aromatic rings. The number of benzene rings is 1. The van der Waals surface area contributed by atoms with Gasteiger partial charge in [-0.05, 0) is 139 Å². The Labute approximate surface area is 262 Å². The van der Waals surface area contributed by atoms with Crippen molar-refractivity contribution in [2.45, 2.75) is 140 Å². The number of carbonyl (C=O) groups is 1. The molecule has 4 aliphatic carbocycles. The molecule has 8 rings (SSSR count). The van der Waals surface area contributed by atoms with Crippen LogP contribution in [0.1, 0.15) is 120 Å². The van der Waals surface area contributed by atoms with Crippen LogP contribution in [0.5, 0.6) is 0 Å². The monoisotopic (exact) mass is 604 g/mol. The van der Waals surface area contributed by atoms with Gasteiger partial charge in [0, 0.05) is 28.1 Å². The Morgan fingerprint density at radius 2 is 1.84 bits per heavy atom. The second-order valence-corrected chi connectivity index (χ2v) is 17.2. The summed E-state index contributed by atoms with van der Waals surface area (Å²) in [7, 11) is 0. The molecule has 9 atom stereocenters. The highest BCUT2D eigenvalue weighted by atomic mass is 16.6. The number of nitrogens with two attached hydrogens (primary N) is 1. The number of H-pyrrole nitrogens is 1. The van der Waals surface area contributed by atoms with E-state index in [0.717, 1.165) is 48.7 Å². The molecular formula is C37H52N2O5. The molecule has 1 aromatic heterocycles. The maximum atomic E-state index is 14.2. The average Bonchev–Trinajstić information content (AvgIpc) is 3.52. The third kappa shape index (κ3) is 3.71. The molecule has 7 heteroatoms. The smallest absolute Gasteiger partial charge is 0.171 e. The summed E-state index contributed by atoms with van der Waals surface area (Å²) in [6, 6.07) is 4.21. The van der Waals surface area contributed by atoms with E-state index in [4.69, 9.17) is 19.9 Å². The summed E-state index contributed by atoms with van der Waals surface area (Å²) in [5.41, 5.74) is 11.1. The van der Waals surface area contributed by atoms with Crippen molar-refractivity contribution in [1.29, 1.82) is 0 Å². The zero-order chi connectivity index (χ0) is 31.2. The summed E-state index contributed by atoms with van der Waals surface area (Å²) in [5.74, 6) is 2.10. The van der Waals surface area contributed by atoms with Crippen molar-refractivity contribution in [2.75, 3.05) is 6.79 Å². The summed E-state index contributed by atoms with van der Waals surface area (Å²) in [4.78, 5) is 18.2. The largest absolute Gasteiger partial charge is 0.372 e. The summed E-state index contributed by atoms with van der Waals surface area (Å²) >= 11 is 0. The molecule has 2 saturated heterocycles. The van der Waals surface area contributed by atoms with Gasteiger partial charge in [0.15, 0.2) is 5.78 Å². The normalized spacial score (nSPS) is 41.8. The van der Waals surface area contributed by atoms with E-state index in [1.165, 1.54) is 29.5 Å². The second-order valence-electron chi connectivity index (χ2n) is 17.2. The highest BCUT2D eigenvalue weighted by Gasteiger charge is 2.67. The molecule has 240 valence electrons. The van der Waals surface area contributed by atoms with Crippen molar-refractivity contribution in [3.8, 4) is 0 Å².